The van der Waals surface area contributed by atoms with Crippen LogP contribution in [0.4, 0.5) is 5.82 Å². The summed E-state index contributed by atoms with van der Waals surface area (Å²) in [6, 6.07) is 22.7. The molecule has 0 radical (unpaired) electrons. The fourth-order valence-electron chi connectivity index (χ4n) is 3.66. The molecule has 0 bridgehead atoms. The number of benzene rings is 3. The highest BCUT2D eigenvalue weighted by atomic mass is 16.5. The lowest BCUT2D eigenvalue weighted by Gasteiger charge is -2.13. The van der Waals surface area contributed by atoms with Crippen LogP contribution in [-0.2, 0) is 0 Å². The molecule has 0 saturated carbocycles. The summed E-state index contributed by atoms with van der Waals surface area (Å²) in [6.07, 6.45) is 2.52. The summed E-state index contributed by atoms with van der Waals surface area (Å²) >= 11 is 0. The van der Waals surface area contributed by atoms with Crippen molar-refractivity contribution in [1.29, 1.82) is 0 Å². The van der Waals surface area contributed by atoms with Crippen molar-refractivity contribution < 1.29 is 14.3 Å². The zero-order chi connectivity index (χ0) is 22.1. The Labute approximate surface area is 184 Å². The highest BCUT2D eigenvalue weighted by Crippen LogP contribution is 2.35. The molecule has 0 unspecified atom stereocenters. The van der Waals surface area contributed by atoms with E-state index >= 15 is 0 Å². The lowest BCUT2D eigenvalue weighted by molar-refractivity contribution is 0.112. The molecule has 0 saturated heterocycles. The molecule has 0 spiro atoms. The molecule has 0 fully saturated rings. The Bertz CT molecular complexity index is 1420. The van der Waals surface area contributed by atoms with Crippen LogP contribution >= 0.6 is 0 Å². The molecule has 158 valence electrons. The van der Waals surface area contributed by atoms with Gasteiger partial charge in [0.1, 0.15) is 11.6 Å². The number of hydrogen-bond acceptors (Lipinski definition) is 5. The van der Waals surface area contributed by atoms with E-state index in [2.05, 4.69) is 10.1 Å². The monoisotopic (exact) mass is 424 g/mol. The third-order valence-corrected chi connectivity index (χ3v) is 5.25. The molecule has 2 aromatic heterocycles. The highest BCUT2D eigenvalue weighted by Gasteiger charge is 2.15. The van der Waals surface area contributed by atoms with Gasteiger partial charge >= 0.3 is 0 Å². The molecule has 5 aromatic rings. The number of fused-ring (bicyclic) bond motifs is 1. The van der Waals surface area contributed by atoms with Crippen molar-refractivity contribution >= 4 is 23.0 Å². The normalized spacial score (nSPS) is 10.9. The predicted octanol–water partition coefficient (Wildman–Crippen LogP) is 5.22. The van der Waals surface area contributed by atoms with Crippen LogP contribution in [0.25, 0.3) is 27.7 Å². The maximum Gasteiger partial charge on any atom is 0.169 e. The van der Waals surface area contributed by atoms with Crippen molar-refractivity contribution in [3.05, 3.63) is 84.7 Å². The molecule has 7 nitrogen and oxygen atoms in total. The maximum atomic E-state index is 11.0. The molecule has 0 aliphatic carbocycles. The lowest BCUT2D eigenvalue weighted by Crippen LogP contribution is -2.03. The smallest absolute Gasteiger partial charge is 0.169 e. The Kier molecular flexibility index (Phi) is 4.84. The van der Waals surface area contributed by atoms with Crippen LogP contribution in [0.1, 0.15) is 10.5 Å². The number of nitrogens with one attached hydrogen (secondary N) is 1. The number of anilines is 1. The highest BCUT2D eigenvalue weighted by molar-refractivity contribution is 5.91. The fourth-order valence-corrected chi connectivity index (χ4v) is 3.66. The van der Waals surface area contributed by atoms with Crippen LogP contribution < -0.4 is 15.2 Å². The number of nitrogens with two attached hydrogens (primary N) is 1. The van der Waals surface area contributed by atoms with E-state index in [1.807, 2.05) is 72.8 Å². The van der Waals surface area contributed by atoms with Gasteiger partial charge in [0.2, 0.25) is 0 Å². The Hall–Kier alpha value is -4.52. The van der Waals surface area contributed by atoms with Crippen molar-refractivity contribution in [3.8, 4) is 34.1 Å². The van der Waals surface area contributed by atoms with E-state index in [9.17, 15) is 4.79 Å². The number of rotatable bonds is 6. The fraction of sp³-hybridized carbons (Fsp3) is 0.0400. The number of carbonyl (C=O) groups is 1. The Balaban J connectivity index is 1.49. The summed E-state index contributed by atoms with van der Waals surface area (Å²) in [4.78, 5) is 14.1. The van der Waals surface area contributed by atoms with Crippen molar-refractivity contribution in [2.45, 2.75) is 0 Å². The van der Waals surface area contributed by atoms with Gasteiger partial charge in [-0.25, -0.2) is 4.68 Å². The SMILES string of the molecule is COc1cc(-n2ncc(-c3ccc4[nH]c(C=O)cc4c3)c2N)ccc1Oc1ccccc1. The number of nitrogens with zero attached hydrogens (tertiary/aromatic N) is 2. The Morgan fingerprint density at radius 1 is 1.00 bits per heavy atom. The second-order valence-corrected chi connectivity index (χ2v) is 7.25. The molecule has 3 aromatic carbocycles. The minimum absolute atomic E-state index is 0.495. The third-order valence-electron chi connectivity index (χ3n) is 5.25. The number of carbonyl (C=O) groups excluding carboxylic acids is 1. The minimum Gasteiger partial charge on any atom is -0.493 e. The molecular formula is C25H20N4O3. The molecule has 0 aliphatic rings. The van der Waals surface area contributed by atoms with Gasteiger partial charge in [-0.15, -0.1) is 0 Å². The second kappa shape index (κ2) is 7.96. The summed E-state index contributed by atoms with van der Waals surface area (Å²) < 4.78 is 13.1. The number of aromatic nitrogens is 3. The topological polar surface area (TPSA) is 95.2 Å². The van der Waals surface area contributed by atoms with Gasteiger partial charge in [-0.05, 0) is 48.0 Å². The zero-order valence-corrected chi connectivity index (χ0v) is 17.3. The van der Waals surface area contributed by atoms with Gasteiger partial charge in [0, 0.05) is 22.5 Å². The van der Waals surface area contributed by atoms with Gasteiger partial charge in [-0.2, -0.15) is 5.10 Å². The Morgan fingerprint density at radius 2 is 1.84 bits per heavy atom. The van der Waals surface area contributed by atoms with Crippen molar-refractivity contribution in [1.82, 2.24) is 14.8 Å². The van der Waals surface area contributed by atoms with Crippen LogP contribution in [0.3, 0.4) is 0 Å². The van der Waals surface area contributed by atoms with E-state index in [1.54, 1.807) is 18.0 Å². The molecule has 0 aliphatic heterocycles. The zero-order valence-electron chi connectivity index (χ0n) is 17.3. The first-order chi connectivity index (χ1) is 15.7. The quantitative estimate of drug-likeness (QED) is 0.365. The van der Waals surface area contributed by atoms with E-state index < -0.39 is 0 Å². The molecule has 0 amide bonds. The lowest BCUT2D eigenvalue weighted by atomic mass is 10.1. The Morgan fingerprint density at radius 3 is 2.62 bits per heavy atom. The predicted molar refractivity (Wildman–Crippen MR) is 124 cm³/mol. The number of nitrogen functional groups attached to an aromatic ring is 1. The summed E-state index contributed by atoms with van der Waals surface area (Å²) in [7, 11) is 1.59. The van der Waals surface area contributed by atoms with Crippen LogP contribution in [0.15, 0.2) is 79.0 Å². The first kappa shape index (κ1) is 19.4. The number of H-pyrrole nitrogens is 1. The molecule has 0 atom stereocenters. The number of methoxy groups -OCH3 is 1. The number of aldehydes is 1. The van der Waals surface area contributed by atoms with E-state index in [4.69, 9.17) is 15.2 Å². The van der Waals surface area contributed by atoms with Gasteiger partial charge in [-0.3, -0.25) is 4.79 Å². The van der Waals surface area contributed by atoms with Crippen LogP contribution in [-0.4, -0.2) is 28.2 Å². The van der Waals surface area contributed by atoms with E-state index in [-0.39, 0.29) is 0 Å². The summed E-state index contributed by atoms with van der Waals surface area (Å²) in [5.41, 5.74) is 10.3. The molecule has 32 heavy (non-hydrogen) atoms. The molecule has 3 N–H and O–H groups in total. The van der Waals surface area contributed by atoms with Crippen molar-refractivity contribution in [2.75, 3.05) is 12.8 Å². The van der Waals surface area contributed by atoms with Gasteiger partial charge in [0.25, 0.3) is 0 Å². The molecule has 5 rings (SSSR count). The van der Waals surface area contributed by atoms with Crippen molar-refractivity contribution in [3.63, 3.8) is 0 Å². The van der Waals surface area contributed by atoms with Crippen molar-refractivity contribution in [2.24, 2.45) is 0 Å². The average molecular weight is 424 g/mol. The third kappa shape index (κ3) is 3.45. The standard InChI is InChI=1S/C25H20N4O3/c1-31-24-13-19(8-10-23(24)32-20-5-3-2-4-6-20)29-25(26)21(14-27-29)16-7-9-22-17(11-16)12-18(15-30)28-22/h2-15,28H,26H2,1H3. The number of hydrogen-bond donors (Lipinski definition) is 2. The maximum absolute atomic E-state index is 11.0. The largest absolute Gasteiger partial charge is 0.493 e. The minimum atomic E-state index is 0.495. The first-order valence-electron chi connectivity index (χ1n) is 9.99. The van der Waals surface area contributed by atoms with Gasteiger partial charge in [0.15, 0.2) is 17.8 Å². The summed E-state index contributed by atoms with van der Waals surface area (Å²) in [5, 5.41) is 5.42. The summed E-state index contributed by atoms with van der Waals surface area (Å²) in [6.45, 7) is 0. The van der Waals surface area contributed by atoms with Crippen LogP contribution in [0.2, 0.25) is 0 Å². The van der Waals surface area contributed by atoms with Crippen LogP contribution in [0.5, 0.6) is 17.2 Å². The summed E-state index contributed by atoms with van der Waals surface area (Å²) in [5.74, 6) is 2.38. The molecule has 7 heteroatoms. The van der Waals surface area contributed by atoms with E-state index in [1.165, 1.54) is 0 Å². The molecular weight excluding hydrogens is 404 g/mol. The van der Waals surface area contributed by atoms with E-state index in [0.29, 0.717) is 23.0 Å². The first-order valence-corrected chi connectivity index (χ1v) is 9.99. The number of ether oxygens (including phenoxy) is 2. The number of aromatic amines is 1. The average Bonchev–Trinajstić information content (AvgIpc) is 3.42. The number of para-hydroxylation sites is 1. The molecule has 2 heterocycles. The second-order valence-electron chi connectivity index (χ2n) is 7.25. The van der Waals surface area contributed by atoms with Crippen LogP contribution in [0, 0.1) is 0 Å². The van der Waals surface area contributed by atoms with Gasteiger partial charge < -0.3 is 20.2 Å². The van der Waals surface area contributed by atoms with Gasteiger partial charge in [-0.1, -0.05) is 24.3 Å². The van der Waals surface area contributed by atoms with Gasteiger partial charge in [0.05, 0.1) is 24.7 Å². The van der Waals surface area contributed by atoms with E-state index in [0.717, 1.165) is 39.8 Å².